The number of H-pyrrole nitrogens is 1. The average Bonchev–Trinajstić information content (AvgIpc) is 2.80. The highest BCUT2D eigenvalue weighted by molar-refractivity contribution is 5.82. The molecule has 0 unspecified atom stereocenters. The molecule has 3 aromatic rings. The molecule has 3 rings (SSSR count). The summed E-state index contributed by atoms with van der Waals surface area (Å²) in [6.07, 6.45) is 0. The van der Waals surface area contributed by atoms with Gasteiger partial charge in [0.05, 0.1) is 16.6 Å². The second-order valence-electron chi connectivity index (χ2n) is 4.19. The fraction of sp³-hybridized carbons (Fsp3) is 0.154. The maximum atomic E-state index is 5.74. The van der Waals surface area contributed by atoms with E-state index in [4.69, 9.17) is 10.2 Å². The Morgan fingerprint density at radius 2 is 2.06 bits per heavy atom. The maximum Gasteiger partial charge on any atom is 0.142 e. The first kappa shape index (κ1) is 9.96. The number of benzene rings is 1. The number of nitrogens with two attached hydrogens (primary N) is 1. The zero-order valence-electron chi connectivity index (χ0n) is 9.74. The molecule has 0 radical (unpaired) electrons. The number of imidazole rings is 1. The van der Waals surface area contributed by atoms with Crippen molar-refractivity contribution in [3.63, 3.8) is 0 Å². The van der Waals surface area contributed by atoms with Gasteiger partial charge in [0.25, 0.3) is 0 Å². The molecule has 0 atom stereocenters. The Kier molecular flexibility index (Phi) is 1.98. The second-order valence-corrected chi connectivity index (χ2v) is 4.19. The minimum Gasteiger partial charge on any atom is -0.466 e. The van der Waals surface area contributed by atoms with Gasteiger partial charge < -0.3 is 15.1 Å². The third-order valence-electron chi connectivity index (χ3n) is 2.80. The van der Waals surface area contributed by atoms with Crippen molar-refractivity contribution in [2.75, 3.05) is 5.73 Å². The lowest BCUT2D eigenvalue weighted by molar-refractivity contribution is 0.505. The number of anilines is 1. The van der Waals surface area contributed by atoms with Crippen molar-refractivity contribution in [1.29, 1.82) is 0 Å². The van der Waals surface area contributed by atoms with E-state index >= 15 is 0 Å². The Hall–Kier alpha value is -2.23. The van der Waals surface area contributed by atoms with Crippen molar-refractivity contribution < 1.29 is 4.42 Å². The zero-order chi connectivity index (χ0) is 12.0. The van der Waals surface area contributed by atoms with Crippen LogP contribution in [0.5, 0.6) is 0 Å². The molecule has 1 aromatic carbocycles. The maximum absolute atomic E-state index is 5.74. The van der Waals surface area contributed by atoms with E-state index in [9.17, 15) is 0 Å². The molecule has 86 valence electrons. The van der Waals surface area contributed by atoms with Gasteiger partial charge >= 0.3 is 0 Å². The summed E-state index contributed by atoms with van der Waals surface area (Å²) in [5.41, 5.74) is 9.32. The summed E-state index contributed by atoms with van der Waals surface area (Å²) >= 11 is 0. The Balaban J connectivity index is 2.21. The van der Waals surface area contributed by atoms with Crippen LogP contribution >= 0.6 is 0 Å². The summed E-state index contributed by atoms with van der Waals surface area (Å²) in [7, 11) is 0. The van der Waals surface area contributed by atoms with Crippen molar-refractivity contribution in [2.24, 2.45) is 0 Å². The molecular formula is C13H13N3O. The fourth-order valence-electron chi connectivity index (χ4n) is 2.02. The largest absolute Gasteiger partial charge is 0.466 e. The third-order valence-corrected chi connectivity index (χ3v) is 2.80. The van der Waals surface area contributed by atoms with Crippen LogP contribution in [0.4, 0.5) is 5.69 Å². The van der Waals surface area contributed by atoms with Gasteiger partial charge in [0.2, 0.25) is 0 Å². The lowest BCUT2D eigenvalue weighted by Gasteiger charge is -1.91. The van der Waals surface area contributed by atoms with Gasteiger partial charge in [0.15, 0.2) is 0 Å². The number of hydrogen-bond acceptors (Lipinski definition) is 3. The summed E-state index contributed by atoms with van der Waals surface area (Å²) in [5, 5.41) is 0. The molecule has 0 fully saturated rings. The van der Waals surface area contributed by atoms with E-state index in [-0.39, 0.29) is 0 Å². The quantitative estimate of drug-likeness (QED) is 0.628. The van der Waals surface area contributed by atoms with Crippen molar-refractivity contribution in [3.05, 3.63) is 35.8 Å². The van der Waals surface area contributed by atoms with E-state index in [1.807, 2.05) is 38.1 Å². The summed E-state index contributed by atoms with van der Waals surface area (Å²) in [6.45, 7) is 3.86. The van der Waals surface area contributed by atoms with Crippen LogP contribution in [0.2, 0.25) is 0 Å². The number of aromatic amines is 1. The number of fused-ring (bicyclic) bond motifs is 1. The number of nitrogen functional groups attached to an aromatic ring is 1. The molecule has 0 saturated carbocycles. The molecule has 2 heterocycles. The van der Waals surface area contributed by atoms with Crippen LogP contribution in [0.25, 0.3) is 22.4 Å². The molecule has 17 heavy (non-hydrogen) atoms. The van der Waals surface area contributed by atoms with Gasteiger partial charge in [-0.15, -0.1) is 0 Å². The van der Waals surface area contributed by atoms with Gasteiger partial charge in [-0.25, -0.2) is 4.98 Å². The minimum absolute atomic E-state index is 0.729. The second kappa shape index (κ2) is 3.38. The minimum atomic E-state index is 0.729. The Labute approximate surface area is 98.5 Å². The molecule has 4 heteroatoms. The molecular weight excluding hydrogens is 214 g/mol. The zero-order valence-corrected chi connectivity index (χ0v) is 9.74. The molecule has 0 aliphatic carbocycles. The van der Waals surface area contributed by atoms with E-state index < -0.39 is 0 Å². The van der Waals surface area contributed by atoms with Crippen LogP contribution in [0, 0.1) is 13.8 Å². The molecule has 0 aliphatic heterocycles. The summed E-state index contributed by atoms with van der Waals surface area (Å²) < 4.78 is 5.50. The van der Waals surface area contributed by atoms with Gasteiger partial charge in [0.1, 0.15) is 17.3 Å². The van der Waals surface area contributed by atoms with Gasteiger partial charge in [-0.05, 0) is 38.1 Å². The Morgan fingerprint density at radius 1 is 1.24 bits per heavy atom. The summed E-state index contributed by atoms with van der Waals surface area (Å²) in [5.74, 6) is 2.58. The molecule has 3 N–H and O–H groups in total. The smallest absolute Gasteiger partial charge is 0.142 e. The highest BCUT2D eigenvalue weighted by Gasteiger charge is 2.11. The normalized spacial score (nSPS) is 11.2. The van der Waals surface area contributed by atoms with Crippen LogP contribution in [0.3, 0.4) is 0 Å². The number of rotatable bonds is 1. The highest BCUT2D eigenvalue weighted by Crippen LogP contribution is 2.26. The molecule has 0 amide bonds. The topological polar surface area (TPSA) is 67.8 Å². The van der Waals surface area contributed by atoms with Crippen LogP contribution < -0.4 is 5.73 Å². The molecule has 4 nitrogen and oxygen atoms in total. The predicted octanol–water partition coefficient (Wildman–Crippen LogP) is 3.02. The SMILES string of the molecule is Cc1cc(-c2nc3ccc(N)cc3[nH]2)c(C)o1. The number of nitrogens with one attached hydrogen (secondary N) is 1. The van der Waals surface area contributed by atoms with Crippen LogP contribution in [-0.4, -0.2) is 9.97 Å². The highest BCUT2D eigenvalue weighted by atomic mass is 16.3. The number of aromatic nitrogens is 2. The number of nitrogens with zero attached hydrogens (tertiary/aromatic N) is 1. The van der Waals surface area contributed by atoms with Gasteiger partial charge in [-0.2, -0.15) is 0 Å². The number of aryl methyl sites for hydroxylation is 2. The Bertz CT molecular complexity index is 694. The van der Waals surface area contributed by atoms with Crippen LogP contribution in [0.1, 0.15) is 11.5 Å². The van der Waals surface area contributed by atoms with Crippen LogP contribution in [0.15, 0.2) is 28.7 Å². The van der Waals surface area contributed by atoms with Crippen molar-refractivity contribution in [1.82, 2.24) is 9.97 Å². The van der Waals surface area contributed by atoms with E-state index in [2.05, 4.69) is 9.97 Å². The van der Waals surface area contributed by atoms with Crippen molar-refractivity contribution in [3.8, 4) is 11.4 Å². The first-order valence-corrected chi connectivity index (χ1v) is 5.46. The number of hydrogen-bond donors (Lipinski definition) is 2. The average molecular weight is 227 g/mol. The summed E-state index contributed by atoms with van der Waals surface area (Å²) in [6, 6.07) is 7.62. The van der Waals surface area contributed by atoms with E-state index in [1.54, 1.807) is 0 Å². The fourth-order valence-corrected chi connectivity index (χ4v) is 2.02. The van der Waals surface area contributed by atoms with Gasteiger partial charge in [0, 0.05) is 5.69 Å². The lowest BCUT2D eigenvalue weighted by atomic mass is 10.2. The first-order valence-electron chi connectivity index (χ1n) is 5.46. The van der Waals surface area contributed by atoms with E-state index in [0.29, 0.717) is 0 Å². The molecule has 0 saturated heterocycles. The first-order chi connectivity index (χ1) is 8.13. The predicted molar refractivity (Wildman–Crippen MR) is 67.7 cm³/mol. The molecule has 0 aliphatic rings. The Morgan fingerprint density at radius 3 is 2.76 bits per heavy atom. The molecule has 2 aromatic heterocycles. The van der Waals surface area contributed by atoms with Crippen molar-refractivity contribution >= 4 is 16.7 Å². The summed E-state index contributed by atoms with van der Waals surface area (Å²) in [4.78, 5) is 7.78. The van der Waals surface area contributed by atoms with Gasteiger partial charge in [-0.3, -0.25) is 0 Å². The molecule has 0 bridgehead atoms. The van der Waals surface area contributed by atoms with Gasteiger partial charge in [-0.1, -0.05) is 0 Å². The van der Waals surface area contributed by atoms with E-state index in [0.717, 1.165) is 39.6 Å². The monoisotopic (exact) mass is 227 g/mol. The number of furan rings is 1. The standard InChI is InChI=1S/C13H13N3O/c1-7-5-10(8(2)17-7)13-15-11-4-3-9(14)6-12(11)16-13/h3-6H,14H2,1-2H3,(H,15,16). The third kappa shape index (κ3) is 1.58. The van der Waals surface area contributed by atoms with Crippen LogP contribution in [-0.2, 0) is 0 Å². The lowest BCUT2D eigenvalue weighted by Crippen LogP contribution is -1.82. The molecule has 0 spiro atoms. The van der Waals surface area contributed by atoms with E-state index in [1.165, 1.54) is 0 Å². The van der Waals surface area contributed by atoms with Crippen molar-refractivity contribution in [2.45, 2.75) is 13.8 Å².